The third kappa shape index (κ3) is 2.18. The standard InChI is InChI=1S/C8H6F3NO4S/c9-8(10,11)17(15,16)5-3-1-2-4(6(5)12)7(13)14/h1-3H,12H2,(H,13,14). The zero-order valence-corrected chi connectivity index (χ0v) is 8.84. The average Bonchev–Trinajstić information content (AvgIpc) is 2.15. The van der Waals surface area contributed by atoms with Gasteiger partial charge < -0.3 is 10.8 Å². The van der Waals surface area contributed by atoms with Crippen LogP contribution in [0.3, 0.4) is 0 Å². The van der Waals surface area contributed by atoms with Gasteiger partial charge in [0.05, 0.1) is 16.1 Å². The lowest BCUT2D eigenvalue weighted by Crippen LogP contribution is -2.24. The molecule has 0 radical (unpaired) electrons. The summed E-state index contributed by atoms with van der Waals surface area (Å²) in [7, 11) is -5.65. The fourth-order valence-electron chi connectivity index (χ4n) is 1.09. The van der Waals surface area contributed by atoms with Gasteiger partial charge in [0.15, 0.2) is 0 Å². The summed E-state index contributed by atoms with van der Waals surface area (Å²) < 4.78 is 58.8. The molecule has 0 aromatic heterocycles. The summed E-state index contributed by atoms with van der Waals surface area (Å²) in [6, 6.07) is 2.39. The van der Waals surface area contributed by atoms with Gasteiger partial charge in [0.1, 0.15) is 0 Å². The van der Waals surface area contributed by atoms with E-state index in [9.17, 15) is 26.4 Å². The lowest BCUT2D eigenvalue weighted by atomic mass is 10.2. The van der Waals surface area contributed by atoms with Crippen LogP contribution in [0.15, 0.2) is 23.1 Å². The van der Waals surface area contributed by atoms with E-state index in [0.29, 0.717) is 6.07 Å². The predicted molar refractivity (Wildman–Crippen MR) is 51.1 cm³/mol. The van der Waals surface area contributed by atoms with Crippen molar-refractivity contribution in [2.75, 3.05) is 5.73 Å². The second kappa shape index (κ2) is 3.91. The highest BCUT2D eigenvalue weighted by molar-refractivity contribution is 7.92. The highest BCUT2D eigenvalue weighted by Crippen LogP contribution is 2.34. The number of carbonyl (C=O) groups is 1. The van der Waals surface area contributed by atoms with Gasteiger partial charge in [-0.3, -0.25) is 0 Å². The Hall–Kier alpha value is -1.77. The number of sulfone groups is 1. The largest absolute Gasteiger partial charge is 0.501 e. The minimum atomic E-state index is -5.65. The Morgan fingerprint density at radius 1 is 1.29 bits per heavy atom. The van der Waals surface area contributed by atoms with E-state index in [1.54, 1.807) is 0 Å². The number of nitrogen functional groups attached to an aromatic ring is 1. The molecular formula is C8H6F3NO4S. The molecule has 0 aliphatic rings. The highest BCUT2D eigenvalue weighted by Gasteiger charge is 2.48. The van der Waals surface area contributed by atoms with Crippen molar-refractivity contribution in [1.82, 2.24) is 0 Å². The number of hydrogen-bond acceptors (Lipinski definition) is 4. The van der Waals surface area contributed by atoms with Crippen molar-refractivity contribution in [2.45, 2.75) is 10.4 Å². The maximum absolute atomic E-state index is 12.2. The van der Waals surface area contributed by atoms with E-state index in [2.05, 4.69) is 0 Å². The second-order valence-electron chi connectivity index (χ2n) is 2.97. The molecule has 0 aliphatic carbocycles. The molecule has 0 unspecified atom stereocenters. The van der Waals surface area contributed by atoms with E-state index in [4.69, 9.17) is 10.8 Å². The third-order valence-electron chi connectivity index (χ3n) is 1.89. The van der Waals surface area contributed by atoms with Gasteiger partial charge in [0.2, 0.25) is 0 Å². The van der Waals surface area contributed by atoms with Crippen LogP contribution in [-0.2, 0) is 9.84 Å². The van der Waals surface area contributed by atoms with Crippen molar-refractivity contribution in [3.8, 4) is 0 Å². The number of anilines is 1. The number of para-hydroxylation sites is 1. The average molecular weight is 269 g/mol. The molecule has 1 aromatic carbocycles. The number of nitrogens with two attached hydrogens (primary N) is 1. The Morgan fingerprint density at radius 3 is 2.24 bits per heavy atom. The summed E-state index contributed by atoms with van der Waals surface area (Å²) in [4.78, 5) is 9.34. The number of carboxylic acids is 1. The quantitative estimate of drug-likeness (QED) is 0.788. The molecule has 3 N–H and O–H groups in total. The van der Waals surface area contributed by atoms with E-state index < -0.39 is 37.5 Å². The van der Waals surface area contributed by atoms with Gasteiger partial charge in [-0.2, -0.15) is 13.2 Å². The topological polar surface area (TPSA) is 97.5 Å². The van der Waals surface area contributed by atoms with E-state index >= 15 is 0 Å². The summed E-state index contributed by atoms with van der Waals surface area (Å²) in [5, 5.41) is 8.60. The number of rotatable bonds is 2. The van der Waals surface area contributed by atoms with Crippen LogP contribution in [0, 0.1) is 0 Å². The predicted octanol–water partition coefficient (Wildman–Crippen LogP) is 1.26. The molecular weight excluding hydrogens is 263 g/mol. The number of aromatic carboxylic acids is 1. The van der Waals surface area contributed by atoms with Gasteiger partial charge in [-0.05, 0) is 12.1 Å². The van der Waals surface area contributed by atoms with Crippen molar-refractivity contribution in [3.05, 3.63) is 23.8 Å². The molecule has 1 rings (SSSR count). The maximum Gasteiger partial charge on any atom is 0.501 e. The van der Waals surface area contributed by atoms with E-state index in [-0.39, 0.29) is 0 Å². The van der Waals surface area contributed by atoms with Gasteiger partial charge in [-0.25, -0.2) is 13.2 Å². The van der Waals surface area contributed by atoms with E-state index in [1.165, 1.54) is 0 Å². The van der Waals surface area contributed by atoms with Crippen LogP contribution < -0.4 is 5.73 Å². The number of alkyl halides is 3. The Morgan fingerprint density at radius 2 is 1.82 bits per heavy atom. The van der Waals surface area contributed by atoms with Crippen LogP contribution in [-0.4, -0.2) is 25.0 Å². The third-order valence-corrected chi connectivity index (χ3v) is 3.44. The first-order valence-electron chi connectivity index (χ1n) is 4.02. The minimum absolute atomic E-state index is 0.602. The van der Waals surface area contributed by atoms with Crippen LogP contribution >= 0.6 is 0 Å². The van der Waals surface area contributed by atoms with Crippen LogP contribution in [0.5, 0.6) is 0 Å². The SMILES string of the molecule is Nc1c(C(=O)O)cccc1S(=O)(=O)C(F)(F)F. The zero-order valence-electron chi connectivity index (χ0n) is 8.02. The molecule has 0 atom stereocenters. The van der Waals surface area contributed by atoms with Gasteiger partial charge in [0, 0.05) is 0 Å². The molecule has 5 nitrogen and oxygen atoms in total. The van der Waals surface area contributed by atoms with Crippen molar-refractivity contribution in [1.29, 1.82) is 0 Å². The molecule has 0 bridgehead atoms. The van der Waals surface area contributed by atoms with Crippen molar-refractivity contribution in [2.24, 2.45) is 0 Å². The molecule has 0 heterocycles. The molecule has 0 fully saturated rings. The fourth-order valence-corrected chi connectivity index (χ4v) is 2.00. The van der Waals surface area contributed by atoms with Crippen LogP contribution in [0.1, 0.15) is 10.4 Å². The molecule has 1 aromatic rings. The lowest BCUT2D eigenvalue weighted by Gasteiger charge is -2.11. The summed E-state index contributed by atoms with van der Waals surface area (Å²) in [6.45, 7) is 0. The van der Waals surface area contributed by atoms with Crippen molar-refractivity contribution < 1.29 is 31.5 Å². The highest BCUT2D eigenvalue weighted by atomic mass is 32.2. The Balaban J connectivity index is 3.56. The van der Waals surface area contributed by atoms with E-state index in [1.807, 2.05) is 0 Å². The monoisotopic (exact) mass is 269 g/mol. The summed E-state index contributed by atoms with van der Waals surface area (Å²) in [5.41, 5.74) is -2.05. The fraction of sp³-hybridized carbons (Fsp3) is 0.125. The number of hydrogen-bond donors (Lipinski definition) is 2. The molecule has 0 aliphatic heterocycles. The molecule has 94 valence electrons. The Labute approximate surface area is 93.6 Å². The second-order valence-corrected chi connectivity index (χ2v) is 4.88. The molecule has 0 saturated heterocycles. The first-order valence-corrected chi connectivity index (χ1v) is 5.50. The lowest BCUT2D eigenvalue weighted by molar-refractivity contribution is -0.0435. The minimum Gasteiger partial charge on any atom is -0.478 e. The number of benzene rings is 1. The van der Waals surface area contributed by atoms with Crippen molar-refractivity contribution in [3.63, 3.8) is 0 Å². The van der Waals surface area contributed by atoms with Gasteiger partial charge in [0.25, 0.3) is 9.84 Å². The smallest absolute Gasteiger partial charge is 0.478 e. The summed E-state index contributed by atoms with van der Waals surface area (Å²) >= 11 is 0. The molecule has 0 saturated carbocycles. The van der Waals surface area contributed by atoms with Crippen LogP contribution in [0.2, 0.25) is 0 Å². The molecule has 0 spiro atoms. The Bertz CT molecular complexity index is 565. The van der Waals surface area contributed by atoms with Crippen molar-refractivity contribution >= 4 is 21.5 Å². The Kier molecular flexibility index (Phi) is 3.06. The molecule has 9 heteroatoms. The van der Waals surface area contributed by atoms with E-state index in [0.717, 1.165) is 12.1 Å². The first-order chi connectivity index (χ1) is 7.59. The normalized spacial score (nSPS) is 12.4. The first kappa shape index (κ1) is 13.3. The van der Waals surface area contributed by atoms with Crippen LogP contribution in [0.4, 0.5) is 18.9 Å². The van der Waals surface area contributed by atoms with Gasteiger partial charge in [-0.1, -0.05) is 6.07 Å². The van der Waals surface area contributed by atoms with Gasteiger partial charge in [-0.15, -0.1) is 0 Å². The zero-order chi connectivity index (χ0) is 13.4. The van der Waals surface area contributed by atoms with Crippen LogP contribution in [0.25, 0.3) is 0 Å². The molecule has 0 amide bonds. The molecule has 17 heavy (non-hydrogen) atoms. The summed E-state index contributed by atoms with van der Waals surface area (Å²) in [6.07, 6.45) is 0. The summed E-state index contributed by atoms with van der Waals surface area (Å²) in [5.74, 6) is -1.61. The maximum atomic E-state index is 12.2. The number of halogens is 3. The van der Waals surface area contributed by atoms with Gasteiger partial charge >= 0.3 is 11.5 Å². The number of carboxylic acid groups (broad SMARTS) is 1.